The number of β-amino-alcohol motifs (C(OH)–C–C–N with tert-alkyl or cyclic N) is 1. The van der Waals surface area contributed by atoms with Gasteiger partial charge >= 0.3 is 0 Å². The molecule has 0 spiro atoms. The second-order valence-corrected chi connectivity index (χ2v) is 6.07. The van der Waals surface area contributed by atoms with E-state index in [2.05, 4.69) is 39.6 Å². The van der Waals surface area contributed by atoms with Gasteiger partial charge in [0.2, 0.25) is 0 Å². The van der Waals surface area contributed by atoms with Crippen LogP contribution in [0.4, 0.5) is 0 Å². The van der Waals surface area contributed by atoms with Crippen LogP contribution in [0.3, 0.4) is 0 Å². The van der Waals surface area contributed by atoms with Gasteiger partial charge in [0, 0.05) is 32.2 Å². The Hall–Kier alpha value is -2.18. The van der Waals surface area contributed by atoms with Gasteiger partial charge in [0.1, 0.15) is 0 Å². The van der Waals surface area contributed by atoms with Crippen LogP contribution in [0, 0.1) is 0 Å². The summed E-state index contributed by atoms with van der Waals surface area (Å²) in [5, 5.41) is 15.8. The van der Waals surface area contributed by atoms with Crippen LogP contribution in [0.15, 0.2) is 36.5 Å². The number of carbonyl (C=O) groups excluding carboxylic acids is 1. The normalized spacial score (nSPS) is 15.9. The third-order valence-electron chi connectivity index (χ3n) is 4.18. The van der Waals surface area contributed by atoms with E-state index >= 15 is 0 Å². The maximum atomic E-state index is 11.9. The molecule has 0 aliphatic carbocycles. The second-order valence-electron chi connectivity index (χ2n) is 6.07. The first kappa shape index (κ1) is 15.7. The van der Waals surface area contributed by atoms with E-state index in [1.54, 1.807) is 16.9 Å². The molecule has 6 nitrogen and oxygen atoms in total. The molecule has 2 heterocycles. The molecule has 0 radical (unpaired) electrons. The Labute approximate surface area is 135 Å². The molecular weight excluding hydrogens is 292 g/mol. The summed E-state index contributed by atoms with van der Waals surface area (Å²) in [6.07, 6.45) is 2.21. The van der Waals surface area contributed by atoms with Crippen molar-refractivity contribution in [1.29, 1.82) is 0 Å². The van der Waals surface area contributed by atoms with Crippen LogP contribution in [0.5, 0.6) is 0 Å². The zero-order chi connectivity index (χ0) is 16.2. The van der Waals surface area contributed by atoms with Gasteiger partial charge in [-0.2, -0.15) is 5.10 Å². The number of fused-ring (bicyclic) bond motifs is 1. The molecule has 1 aliphatic rings. The SMILES string of the molecule is C[n+]1ccc(C(=O)NCC(O)CN2CCc3ccccc3C2)[nH]1. The highest BCUT2D eigenvalue weighted by molar-refractivity contribution is 5.91. The van der Waals surface area contributed by atoms with Crippen molar-refractivity contribution < 1.29 is 14.6 Å². The highest BCUT2D eigenvalue weighted by Gasteiger charge is 2.19. The lowest BCUT2D eigenvalue weighted by Crippen LogP contribution is -2.42. The van der Waals surface area contributed by atoms with Crippen LogP contribution in [0.1, 0.15) is 21.6 Å². The zero-order valence-electron chi connectivity index (χ0n) is 13.3. The van der Waals surface area contributed by atoms with Crippen molar-refractivity contribution >= 4 is 5.91 Å². The molecule has 6 heteroatoms. The molecule has 1 unspecified atom stereocenters. The molecule has 0 fully saturated rings. The molecule has 1 aromatic heterocycles. The average Bonchev–Trinajstić information content (AvgIpc) is 2.99. The highest BCUT2D eigenvalue weighted by Crippen LogP contribution is 2.18. The number of aromatic nitrogens is 2. The van der Waals surface area contributed by atoms with Crippen molar-refractivity contribution in [3.8, 4) is 0 Å². The third kappa shape index (κ3) is 3.97. The van der Waals surface area contributed by atoms with Crippen LogP contribution in [-0.4, -0.2) is 46.8 Å². The van der Waals surface area contributed by atoms with Crippen LogP contribution >= 0.6 is 0 Å². The number of amides is 1. The third-order valence-corrected chi connectivity index (χ3v) is 4.18. The van der Waals surface area contributed by atoms with Crippen LogP contribution in [0.2, 0.25) is 0 Å². The number of carbonyl (C=O) groups is 1. The van der Waals surface area contributed by atoms with E-state index in [0.717, 1.165) is 19.5 Å². The minimum absolute atomic E-state index is 0.200. The van der Waals surface area contributed by atoms with Crippen LogP contribution in [-0.2, 0) is 20.0 Å². The molecule has 2 aromatic rings. The summed E-state index contributed by atoms with van der Waals surface area (Å²) >= 11 is 0. The van der Waals surface area contributed by atoms with E-state index in [4.69, 9.17) is 0 Å². The Bertz CT molecular complexity index is 683. The Balaban J connectivity index is 1.47. The lowest BCUT2D eigenvalue weighted by Gasteiger charge is -2.30. The lowest BCUT2D eigenvalue weighted by atomic mass is 10.00. The topological polar surface area (TPSA) is 72.2 Å². The number of aliphatic hydroxyl groups is 1. The predicted molar refractivity (Wildman–Crippen MR) is 85.7 cm³/mol. The number of aromatic amines is 1. The number of rotatable bonds is 5. The van der Waals surface area contributed by atoms with Gasteiger partial charge in [-0.1, -0.05) is 24.3 Å². The van der Waals surface area contributed by atoms with Gasteiger partial charge in [-0.25, -0.2) is 0 Å². The van der Waals surface area contributed by atoms with E-state index in [1.807, 2.05) is 7.05 Å². The summed E-state index contributed by atoms with van der Waals surface area (Å²) in [7, 11) is 1.82. The minimum Gasteiger partial charge on any atom is -0.390 e. The maximum Gasteiger partial charge on any atom is 0.273 e. The molecule has 0 bridgehead atoms. The fraction of sp³-hybridized carbons (Fsp3) is 0.412. The van der Waals surface area contributed by atoms with Gasteiger partial charge < -0.3 is 10.4 Å². The summed E-state index contributed by atoms with van der Waals surface area (Å²) in [6.45, 7) is 2.61. The van der Waals surface area contributed by atoms with Crippen molar-refractivity contribution in [3.05, 3.63) is 53.3 Å². The first-order valence-corrected chi connectivity index (χ1v) is 7.92. The summed E-state index contributed by atoms with van der Waals surface area (Å²) < 4.78 is 1.70. The van der Waals surface area contributed by atoms with Gasteiger partial charge in [-0.3, -0.25) is 9.69 Å². The molecule has 3 rings (SSSR count). The van der Waals surface area contributed by atoms with Crippen molar-refractivity contribution in [3.63, 3.8) is 0 Å². The molecule has 0 saturated heterocycles. The summed E-state index contributed by atoms with van der Waals surface area (Å²) in [5.74, 6) is -0.200. The first-order valence-electron chi connectivity index (χ1n) is 7.92. The van der Waals surface area contributed by atoms with Crippen LogP contribution < -0.4 is 10.00 Å². The molecule has 0 saturated carbocycles. The fourth-order valence-electron chi connectivity index (χ4n) is 2.96. The van der Waals surface area contributed by atoms with Crippen molar-refractivity contribution in [2.75, 3.05) is 19.6 Å². The van der Waals surface area contributed by atoms with Gasteiger partial charge in [-0.05, 0) is 17.5 Å². The van der Waals surface area contributed by atoms with E-state index in [9.17, 15) is 9.90 Å². The lowest BCUT2D eigenvalue weighted by molar-refractivity contribution is -0.726. The number of hydrogen-bond donors (Lipinski definition) is 3. The van der Waals surface area contributed by atoms with Gasteiger partial charge in [0.25, 0.3) is 5.91 Å². The summed E-state index contributed by atoms with van der Waals surface area (Å²) in [6, 6.07) is 10.1. The molecule has 1 atom stereocenters. The van der Waals surface area contributed by atoms with E-state index < -0.39 is 6.10 Å². The predicted octanol–water partition coefficient (Wildman–Crippen LogP) is -0.0118. The minimum atomic E-state index is -0.576. The molecule has 1 aromatic carbocycles. The zero-order valence-corrected chi connectivity index (χ0v) is 13.3. The maximum absolute atomic E-state index is 11.9. The number of aliphatic hydroxyl groups excluding tert-OH is 1. The summed E-state index contributed by atoms with van der Waals surface area (Å²) in [5.41, 5.74) is 3.21. The molecule has 122 valence electrons. The monoisotopic (exact) mass is 315 g/mol. The van der Waals surface area contributed by atoms with E-state index in [-0.39, 0.29) is 12.5 Å². The number of hydrogen-bond acceptors (Lipinski definition) is 3. The smallest absolute Gasteiger partial charge is 0.273 e. The fourth-order valence-corrected chi connectivity index (χ4v) is 2.96. The van der Waals surface area contributed by atoms with E-state index in [0.29, 0.717) is 12.2 Å². The van der Waals surface area contributed by atoms with Crippen molar-refractivity contribution in [2.24, 2.45) is 7.05 Å². The Kier molecular flexibility index (Phi) is 4.73. The number of nitrogens with zero attached hydrogens (tertiary/aromatic N) is 2. The Morgan fingerprint density at radius 3 is 2.91 bits per heavy atom. The van der Waals surface area contributed by atoms with Gasteiger partial charge in [-0.15, -0.1) is 4.68 Å². The number of nitrogens with one attached hydrogen (secondary N) is 2. The van der Waals surface area contributed by atoms with E-state index in [1.165, 1.54) is 11.1 Å². The van der Waals surface area contributed by atoms with Gasteiger partial charge in [0.05, 0.1) is 6.10 Å². The Morgan fingerprint density at radius 2 is 2.17 bits per heavy atom. The molecule has 1 amide bonds. The van der Waals surface area contributed by atoms with Crippen molar-refractivity contribution in [2.45, 2.75) is 19.1 Å². The highest BCUT2D eigenvalue weighted by atomic mass is 16.3. The molecule has 1 aliphatic heterocycles. The largest absolute Gasteiger partial charge is 0.390 e. The number of H-pyrrole nitrogens is 1. The Morgan fingerprint density at radius 1 is 1.39 bits per heavy atom. The van der Waals surface area contributed by atoms with Crippen molar-refractivity contribution in [1.82, 2.24) is 15.3 Å². The van der Waals surface area contributed by atoms with Gasteiger partial charge in [0.15, 0.2) is 18.9 Å². The van der Waals surface area contributed by atoms with Crippen LogP contribution in [0.25, 0.3) is 0 Å². The standard InChI is InChI=1S/C17H22N4O2/c1-20-8-7-16(19-20)17(23)18-10-15(22)12-21-9-6-13-4-2-3-5-14(13)11-21/h2-5,7-8,15,22H,6,9-12H2,1H3,(H,18,23)/p+1. The second kappa shape index (κ2) is 6.93. The first-order chi connectivity index (χ1) is 11.1. The number of benzene rings is 1. The quantitative estimate of drug-likeness (QED) is 0.680. The molecule has 23 heavy (non-hydrogen) atoms. The molecule has 3 N–H and O–H groups in total. The average molecular weight is 315 g/mol. The number of aryl methyl sites for hydroxylation is 1. The molecular formula is C17H23N4O2+. The summed E-state index contributed by atoms with van der Waals surface area (Å²) in [4.78, 5) is 14.2.